The quantitative estimate of drug-likeness (QED) is 0.933. The van der Waals surface area contributed by atoms with Gasteiger partial charge in [0.05, 0.1) is 25.9 Å². The van der Waals surface area contributed by atoms with Crippen molar-refractivity contribution in [2.24, 2.45) is 15.9 Å². The molecule has 0 aromatic heterocycles. The molecule has 1 atom stereocenters. The molecule has 0 spiro atoms. The number of nitrogens with one attached hydrogen (secondary N) is 1. The number of methoxy groups -OCH3 is 1. The Morgan fingerprint density at radius 2 is 2.23 bits per heavy atom. The van der Waals surface area contributed by atoms with E-state index in [0.29, 0.717) is 11.4 Å². The minimum atomic E-state index is -0.863. The summed E-state index contributed by atoms with van der Waals surface area (Å²) in [6.07, 6.45) is 6.19. The van der Waals surface area contributed by atoms with Gasteiger partial charge in [-0.25, -0.2) is 13.8 Å². The Kier molecular flexibility index (Phi) is 4.00. The second-order valence-corrected chi connectivity index (χ2v) is 5.02. The van der Waals surface area contributed by atoms with E-state index in [2.05, 4.69) is 15.3 Å². The molecule has 2 aliphatic rings. The van der Waals surface area contributed by atoms with Crippen LogP contribution in [0.4, 0.5) is 8.78 Å². The second-order valence-electron chi connectivity index (χ2n) is 5.02. The molecule has 0 saturated heterocycles. The predicted molar refractivity (Wildman–Crippen MR) is 80.4 cm³/mol. The fraction of sp³-hybridized carbons (Fsp3) is 0.250. The fourth-order valence-electron chi connectivity index (χ4n) is 2.43. The molecule has 1 aromatic carbocycles. The van der Waals surface area contributed by atoms with Crippen molar-refractivity contribution in [3.05, 3.63) is 59.0 Å². The van der Waals surface area contributed by atoms with Crippen LogP contribution in [0.15, 0.2) is 51.8 Å². The molecular formula is C16H15F2N3O. The van der Waals surface area contributed by atoms with E-state index in [1.54, 1.807) is 13.4 Å². The zero-order valence-electron chi connectivity index (χ0n) is 12.0. The lowest BCUT2D eigenvalue weighted by molar-refractivity contribution is 0.301. The Labute approximate surface area is 126 Å². The Hall–Kier alpha value is -2.50. The van der Waals surface area contributed by atoms with Crippen LogP contribution < -0.4 is 5.32 Å². The highest BCUT2D eigenvalue weighted by Crippen LogP contribution is 2.26. The Bertz CT molecular complexity index is 707. The van der Waals surface area contributed by atoms with Crippen molar-refractivity contribution in [1.29, 1.82) is 0 Å². The third-order valence-electron chi connectivity index (χ3n) is 3.61. The molecule has 0 fully saturated rings. The average Bonchev–Trinajstić information content (AvgIpc) is 2.55. The van der Waals surface area contributed by atoms with E-state index in [0.717, 1.165) is 30.0 Å². The monoisotopic (exact) mass is 303 g/mol. The molecule has 0 saturated carbocycles. The number of halogens is 2. The first-order valence-corrected chi connectivity index (χ1v) is 6.90. The highest BCUT2D eigenvalue weighted by Gasteiger charge is 2.25. The lowest BCUT2D eigenvalue weighted by Gasteiger charge is -2.26. The second kappa shape index (κ2) is 6.09. The molecule has 1 aliphatic heterocycles. The SMILES string of the molecule is COC1=CCC2C(=C1)NC=NC2=NCc1ccc(F)c(F)c1. The molecular weight excluding hydrogens is 288 g/mol. The van der Waals surface area contributed by atoms with Crippen molar-refractivity contribution in [2.75, 3.05) is 7.11 Å². The molecule has 22 heavy (non-hydrogen) atoms. The van der Waals surface area contributed by atoms with Gasteiger partial charge >= 0.3 is 0 Å². The number of aliphatic imine (C=N–C) groups is 2. The van der Waals surface area contributed by atoms with Gasteiger partial charge in [0.2, 0.25) is 0 Å². The van der Waals surface area contributed by atoms with E-state index in [1.165, 1.54) is 6.07 Å². The van der Waals surface area contributed by atoms with Crippen LogP contribution in [0.25, 0.3) is 0 Å². The van der Waals surface area contributed by atoms with Crippen molar-refractivity contribution >= 4 is 12.2 Å². The van der Waals surface area contributed by atoms with Crippen LogP contribution in [0.5, 0.6) is 0 Å². The Balaban J connectivity index is 1.78. The van der Waals surface area contributed by atoms with Gasteiger partial charge < -0.3 is 10.1 Å². The summed E-state index contributed by atoms with van der Waals surface area (Å²) >= 11 is 0. The first kappa shape index (κ1) is 14.4. The standard InChI is InChI=1S/C16H15F2N3O/c1-22-11-3-4-12-15(7-11)20-9-21-16(12)19-8-10-2-5-13(17)14(18)6-10/h2-3,5-7,9,12H,4,8H2,1H3,(H,19,20,21). The molecule has 1 aliphatic carbocycles. The van der Waals surface area contributed by atoms with E-state index in [1.807, 2.05) is 12.2 Å². The van der Waals surface area contributed by atoms with Crippen LogP contribution in [0.1, 0.15) is 12.0 Å². The molecule has 1 N–H and O–H groups in total. The largest absolute Gasteiger partial charge is 0.497 e. The predicted octanol–water partition coefficient (Wildman–Crippen LogP) is 2.93. The summed E-state index contributed by atoms with van der Waals surface area (Å²) in [5.41, 5.74) is 1.58. The van der Waals surface area contributed by atoms with Gasteiger partial charge in [0, 0.05) is 5.70 Å². The van der Waals surface area contributed by atoms with Gasteiger partial charge in [-0.3, -0.25) is 4.99 Å². The van der Waals surface area contributed by atoms with E-state index < -0.39 is 11.6 Å². The lowest BCUT2D eigenvalue weighted by atomic mass is 9.94. The first-order valence-electron chi connectivity index (χ1n) is 6.90. The first-order chi connectivity index (χ1) is 10.7. The highest BCUT2D eigenvalue weighted by molar-refractivity contribution is 5.96. The highest BCUT2D eigenvalue weighted by atomic mass is 19.2. The van der Waals surface area contributed by atoms with Crippen molar-refractivity contribution in [2.45, 2.75) is 13.0 Å². The van der Waals surface area contributed by atoms with Gasteiger partial charge in [0.25, 0.3) is 0 Å². The number of amidine groups is 1. The van der Waals surface area contributed by atoms with Crippen LogP contribution >= 0.6 is 0 Å². The average molecular weight is 303 g/mol. The van der Waals surface area contributed by atoms with Gasteiger partial charge in [-0.1, -0.05) is 6.07 Å². The maximum absolute atomic E-state index is 13.2. The number of hydrogen-bond acceptors (Lipinski definition) is 3. The van der Waals surface area contributed by atoms with Gasteiger partial charge in [-0.05, 0) is 36.3 Å². The van der Waals surface area contributed by atoms with Crippen LogP contribution in [-0.2, 0) is 11.3 Å². The smallest absolute Gasteiger partial charge is 0.159 e. The van der Waals surface area contributed by atoms with Gasteiger partial charge in [-0.15, -0.1) is 0 Å². The summed E-state index contributed by atoms with van der Waals surface area (Å²) in [5, 5.41) is 3.09. The summed E-state index contributed by atoms with van der Waals surface area (Å²) in [4.78, 5) is 8.69. The fourth-order valence-corrected chi connectivity index (χ4v) is 2.43. The molecule has 1 unspecified atom stereocenters. The van der Waals surface area contributed by atoms with Crippen molar-refractivity contribution < 1.29 is 13.5 Å². The summed E-state index contributed by atoms with van der Waals surface area (Å²) in [6, 6.07) is 3.79. The zero-order valence-corrected chi connectivity index (χ0v) is 12.0. The summed E-state index contributed by atoms with van der Waals surface area (Å²) < 4.78 is 31.3. The van der Waals surface area contributed by atoms with Crippen molar-refractivity contribution in [3.8, 4) is 0 Å². The zero-order chi connectivity index (χ0) is 15.5. The third kappa shape index (κ3) is 2.90. The molecule has 4 nitrogen and oxygen atoms in total. The Morgan fingerprint density at radius 3 is 3.00 bits per heavy atom. The summed E-state index contributed by atoms with van der Waals surface area (Å²) in [7, 11) is 1.62. The normalized spacial score (nSPS) is 21.8. The van der Waals surface area contributed by atoms with E-state index in [4.69, 9.17) is 4.74 Å². The number of allylic oxidation sites excluding steroid dienone is 2. The summed E-state index contributed by atoms with van der Waals surface area (Å²) in [6.45, 7) is 0.258. The van der Waals surface area contributed by atoms with Gasteiger partial charge in [0.15, 0.2) is 11.6 Å². The Morgan fingerprint density at radius 1 is 1.36 bits per heavy atom. The van der Waals surface area contributed by atoms with Crippen LogP contribution in [0.3, 0.4) is 0 Å². The van der Waals surface area contributed by atoms with Crippen LogP contribution in [0, 0.1) is 17.6 Å². The third-order valence-corrected chi connectivity index (χ3v) is 3.61. The molecule has 0 radical (unpaired) electrons. The molecule has 0 amide bonds. The number of nitrogens with zero attached hydrogens (tertiary/aromatic N) is 2. The molecule has 1 aromatic rings. The van der Waals surface area contributed by atoms with Gasteiger partial charge in [-0.2, -0.15) is 0 Å². The van der Waals surface area contributed by atoms with E-state index in [-0.39, 0.29) is 12.5 Å². The topological polar surface area (TPSA) is 46.0 Å². The van der Waals surface area contributed by atoms with Gasteiger partial charge in [0.1, 0.15) is 11.6 Å². The van der Waals surface area contributed by atoms with Crippen LogP contribution in [0.2, 0.25) is 0 Å². The van der Waals surface area contributed by atoms with E-state index in [9.17, 15) is 8.78 Å². The number of benzene rings is 1. The number of rotatable bonds is 3. The minimum absolute atomic E-state index is 0.0363. The molecule has 114 valence electrons. The molecule has 3 rings (SSSR count). The minimum Gasteiger partial charge on any atom is -0.497 e. The summed E-state index contributed by atoms with van der Waals surface area (Å²) in [5.74, 6) is -0.215. The number of fused-ring (bicyclic) bond motifs is 1. The van der Waals surface area contributed by atoms with Crippen molar-refractivity contribution in [1.82, 2.24) is 5.32 Å². The van der Waals surface area contributed by atoms with Crippen LogP contribution in [-0.4, -0.2) is 19.3 Å². The molecule has 0 bridgehead atoms. The number of hydrogen-bond donors (Lipinski definition) is 1. The lowest BCUT2D eigenvalue weighted by Crippen LogP contribution is -2.31. The number of ether oxygens (including phenoxy) is 1. The maximum atomic E-state index is 13.2. The van der Waals surface area contributed by atoms with Crippen molar-refractivity contribution in [3.63, 3.8) is 0 Å². The maximum Gasteiger partial charge on any atom is 0.159 e. The molecule has 1 heterocycles. The van der Waals surface area contributed by atoms with E-state index >= 15 is 0 Å². The molecule has 6 heteroatoms.